The van der Waals surface area contributed by atoms with Gasteiger partial charge in [-0.3, -0.25) is 9.59 Å². The first kappa shape index (κ1) is 48.1. The number of rotatable bonds is 22. The minimum absolute atomic E-state index is 0.133. The Bertz CT molecular complexity index is 1410. The summed E-state index contributed by atoms with van der Waals surface area (Å²) in [6, 6.07) is 2.43. The zero-order chi connectivity index (χ0) is 40.0. The molecule has 13 heteroatoms. The van der Waals surface area contributed by atoms with Crippen molar-refractivity contribution in [2.24, 2.45) is 23.2 Å². The molecule has 6 atom stereocenters. The van der Waals surface area contributed by atoms with Crippen LogP contribution >= 0.6 is 46.1 Å². The van der Waals surface area contributed by atoms with E-state index >= 15 is 0 Å². The second-order valence-corrected chi connectivity index (χ2v) is 22.5. The van der Waals surface area contributed by atoms with Crippen LogP contribution in [0.2, 0.25) is 18.1 Å². The molecule has 52 heavy (non-hydrogen) atoms. The predicted molar refractivity (Wildman–Crippen MR) is 219 cm³/mol. The van der Waals surface area contributed by atoms with Gasteiger partial charge in [-0.1, -0.05) is 121 Å². The van der Waals surface area contributed by atoms with Crippen LogP contribution in [0.1, 0.15) is 92.8 Å². The largest absolute Gasteiger partial charge is 0.508 e. The summed E-state index contributed by atoms with van der Waals surface area (Å²) >= 11 is 18.9. The molecule has 0 aromatic carbocycles. The highest BCUT2D eigenvalue weighted by Gasteiger charge is 2.48. The number of thiazole rings is 1. The Labute approximate surface area is 332 Å². The van der Waals surface area contributed by atoms with Gasteiger partial charge < -0.3 is 18.6 Å². The summed E-state index contributed by atoms with van der Waals surface area (Å²) in [6.07, 6.45) is 4.28. The quantitative estimate of drug-likeness (QED) is 0.0375. The highest BCUT2D eigenvalue weighted by atomic mass is 35.6. The van der Waals surface area contributed by atoms with Gasteiger partial charge in [-0.25, -0.2) is 9.78 Å². The van der Waals surface area contributed by atoms with Crippen molar-refractivity contribution in [2.75, 3.05) is 6.61 Å². The van der Waals surface area contributed by atoms with Crippen molar-refractivity contribution in [2.45, 2.75) is 129 Å². The van der Waals surface area contributed by atoms with E-state index in [0.717, 1.165) is 40.0 Å². The molecule has 1 aromatic heterocycles. The molecule has 294 valence electrons. The summed E-state index contributed by atoms with van der Waals surface area (Å²) in [5.74, 6) is -2.03. The normalized spacial score (nSPS) is 16.6. The Kier molecular flexibility index (Phi) is 20.2. The predicted octanol–water partition coefficient (Wildman–Crippen LogP) is 11.7. The molecule has 0 unspecified atom stereocenters. The maximum absolute atomic E-state index is 14.7. The van der Waals surface area contributed by atoms with Crippen molar-refractivity contribution in [3.05, 3.63) is 58.6 Å². The minimum atomic E-state index is -2.37. The van der Waals surface area contributed by atoms with Crippen molar-refractivity contribution in [3.63, 3.8) is 0 Å². The monoisotopic (exact) mass is 819 g/mol. The number of allylic oxidation sites excluding steroid dienone is 3. The summed E-state index contributed by atoms with van der Waals surface area (Å²) in [7, 11) is -2.37. The van der Waals surface area contributed by atoms with Crippen LogP contribution < -0.4 is 0 Å². The standard InChI is InChI=1S/C39H60Cl3NO7SSi/c1-14-25(6)19-20-32(27(8)21-31-23-51-30(11)43-31)48-34(44)22-33(50-52(16-3,17-4)18-5)38(12,13)36(45)29(10)35(28(9)26(7)15-2)49-37(46)47-24-39(40,41)42/h14-15,19,21,23,26,28-29,32-33,35H,1-2,16-18,20,22,24H2,3-13H3/b25-19-,27-21+/t26-,28-,29+,32-,33-,35-/m0/s1. The smallest absolute Gasteiger partial charge is 0.457 e. The molecule has 0 aliphatic rings. The number of alkyl halides is 3. The zero-order valence-electron chi connectivity index (χ0n) is 32.9. The van der Waals surface area contributed by atoms with E-state index in [1.165, 1.54) is 0 Å². The van der Waals surface area contributed by atoms with E-state index in [2.05, 4.69) is 38.9 Å². The molecule has 0 fully saturated rings. The van der Waals surface area contributed by atoms with Gasteiger partial charge in [0.25, 0.3) is 0 Å². The van der Waals surface area contributed by atoms with Crippen LogP contribution in [-0.2, 0) is 28.2 Å². The van der Waals surface area contributed by atoms with E-state index < -0.39 is 60.5 Å². The number of hydrogen-bond acceptors (Lipinski definition) is 9. The van der Waals surface area contributed by atoms with Crippen LogP contribution in [0.25, 0.3) is 6.08 Å². The second kappa shape index (κ2) is 21.8. The minimum Gasteiger partial charge on any atom is -0.457 e. The molecule has 0 amide bonds. The average molecular weight is 821 g/mol. The molecule has 1 heterocycles. The zero-order valence-corrected chi connectivity index (χ0v) is 36.9. The molecule has 0 aliphatic heterocycles. The van der Waals surface area contributed by atoms with E-state index in [4.69, 9.17) is 53.4 Å². The van der Waals surface area contributed by atoms with Gasteiger partial charge in [-0.05, 0) is 62.4 Å². The van der Waals surface area contributed by atoms with Gasteiger partial charge in [0, 0.05) is 17.2 Å². The molecule has 0 bridgehead atoms. The number of esters is 1. The first-order valence-corrected chi connectivity index (χ1v) is 22.5. The van der Waals surface area contributed by atoms with Crippen LogP contribution in [0.3, 0.4) is 0 Å². The molecular weight excluding hydrogens is 761 g/mol. The highest BCUT2D eigenvalue weighted by molar-refractivity contribution is 7.09. The lowest BCUT2D eigenvalue weighted by atomic mass is 9.72. The van der Waals surface area contributed by atoms with Gasteiger partial charge in [0.05, 0.1) is 29.1 Å². The number of carbonyl (C=O) groups excluding carboxylic acids is 3. The molecule has 0 aliphatic carbocycles. The van der Waals surface area contributed by atoms with E-state index in [1.54, 1.807) is 44.3 Å². The van der Waals surface area contributed by atoms with Crippen molar-refractivity contribution < 1.29 is 33.0 Å². The maximum atomic E-state index is 14.7. The Balaban J connectivity index is 3.59. The lowest BCUT2D eigenvalue weighted by molar-refractivity contribution is -0.153. The number of carbonyl (C=O) groups is 3. The molecule has 1 rings (SSSR count). The van der Waals surface area contributed by atoms with Crippen LogP contribution in [-0.4, -0.2) is 59.9 Å². The van der Waals surface area contributed by atoms with Gasteiger partial charge in [-0.15, -0.1) is 17.9 Å². The second-order valence-electron chi connectivity index (χ2n) is 14.2. The third-order valence-corrected chi connectivity index (χ3v) is 15.9. The molecule has 0 radical (unpaired) electrons. The summed E-state index contributed by atoms with van der Waals surface area (Å²) in [6.45, 7) is 28.3. The summed E-state index contributed by atoms with van der Waals surface area (Å²) in [5.41, 5.74) is 1.39. The summed E-state index contributed by atoms with van der Waals surface area (Å²) in [4.78, 5) is 46.0. The van der Waals surface area contributed by atoms with Gasteiger partial charge in [-0.2, -0.15) is 0 Å². The molecule has 8 nitrogen and oxygen atoms in total. The Morgan fingerprint density at radius 3 is 2.10 bits per heavy atom. The fraction of sp³-hybridized carbons (Fsp3) is 0.641. The SMILES string of the molecule is C=C/C(C)=C\C[C@H](OC(=O)C[C@H](O[Si](CC)(CC)CC)C(C)(C)C(=O)[C@H](C)[C@@H](OC(=O)OCC(Cl)(Cl)Cl)[C@@H](C)[C@@H](C)C=C)/C(C)=C/c1csc(C)n1. The highest BCUT2D eigenvalue weighted by Crippen LogP contribution is 2.39. The Morgan fingerprint density at radius 1 is 1.02 bits per heavy atom. The van der Waals surface area contributed by atoms with Crippen molar-refractivity contribution in [1.29, 1.82) is 0 Å². The van der Waals surface area contributed by atoms with Crippen LogP contribution in [0.4, 0.5) is 4.79 Å². The first-order valence-electron chi connectivity index (χ1n) is 17.9. The van der Waals surface area contributed by atoms with Crippen molar-refractivity contribution in [3.8, 4) is 0 Å². The molecular formula is C39H60Cl3NO7SSi. The lowest BCUT2D eigenvalue weighted by Gasteiger charge is -2.42. The Hall–Kier alpha value is -1.95. The van der Waals surface area contributed by atoms with E-state index in [9.17, 15) is 14.4 Å². The van der Waals surface area contributed by atoms with Crippen LogP contribution in [0.5, 0.6) is 0 Å². The number of Topliss-reactive ketones (excluding diaryl/α,β-unsaturated/α-hetero) is 1. The molecule has 0 saturated carbocycles. The molecule has 1 aromatic rings. The molecule has 0 saturated heterocycles. The Morgan fingerprint density at radius 2 is 1.62 bits per heavy atom. The van der Waals surface area contributed by atoms with Crippen molar-refractivity contribution >= 4 is 78.4 Å². The number of hydrogen-bond donors (Lipinski definition) is 0. The van der Waals surface area contributed by atoms with Gasteiger partial charge >= 0.3 is 12.1 Å². The number of ether oxygens (including phenoxy) is 3. The van der Waals surface area contributed by atoms with Gasteiger partial charge in [0.15, 0.2) is 8.32 Å². The fourth-order valence-corrected chi connectivity index (χ4v) is 9.65. The summed E-state index contributed by atoms with van der Waals surface area (Å²) in [5, 5.41) is 2.90. The third kappa shape index (κ3) is 15.1. The number of aryl methyl sites for hydroxylation is 1. The van der Waals surface area contributed by atoms with Gasteiger partial charge in [0.2, 0.25) is 3.79 Å². The molecule has 0 spiro atoms. The topological polar surface area (TPSA) is 101 Å². The van der Waals surface area contributed by atoms with E-state index in [0.29, 0.717) is 6.42 Å². The first-order chi connectivity index (χ1) is 24.1. The number of halogens is 3. The maximum Gasteiger partial charge on any atom is 0.508 e. The van der Waals surface area contributed by atoms with Crippen LogP contribution in [0, 0.1) is 30.1 Å². The van der Waals surface area contributed by atoms with E-state index in [-0.39, 0.29) is 24.0 Å². The van der Waals surface area contributed by atoms with Crippen molar-refractivity contribution in [1.82, 2.24) is 4.98 Å². The third-order valence-electron chi connectivity index (χ3n) is 10.1. The molecule has 0 N–H and O–H groups in total. The van der Waals surface area contributed by atoms with Gasteiger partial charge in [0.1, 0.15) is 24.6 Å². The number of ketones is 1. The van der Waals surface area contributed by atoms with E-state index in [1.807, 2.05) is 52.2 Å². The van der Waals surface area contributed by atoms with Crippen LogP contribution in [0.15, 0.2) is 47.9 Å². The number of aromatic nitrogens is 1. The lowest BCUT2D eigenvalue weighted by Crippen LogP contribution is -2.52. The summed E-state index contributed by atoms with van der Waals surface area (Å²) < 4.78 is 22.2. The number of nitrogens with zero attached hydrogens (tertiary/aromatic N) is 1. The fourth-order valence-electron chi connectivity index (χ4n) is 5.94. The average Bonchev–Trinajstić information content (AvgIpc) is 3.51.